The van der Waals surface area contributed by atoms with E-state index in [1.807, 2.05) is 65.8 Å². The maximum Gasteiger partial charge on any atom is 0.418 e. The molecule has 1 N–H and O–H groups in total. The fraction of sp³-hybridized carbons (Fsp3) is 0.524. The second-order valence-corrected chi connectivity index (χ2v) is 8.47. The van der Waals surface area contributed by atoms with E-state index in [-0.39, 0.29) is 12.5 Å². The summed E-state index contributed by atoms with van der Waals surface area (Å²) in [4.78, 5) is 24.0. The van der Waals surface area contributed by atoms with Crippen molar-refractivity contribution in [3.8, 4) is 5.75 Å². The molecule has 7 nitrogen and oxygen atoms in total. The van der Waals surface area contributed by atoms with Crippen LogP contribution >= 0.6 is 0 Å². The molecule has 28 heavy (non-hydrogen) atoms. The van der Waals surface area contributed by atoms with Crippen molar-refractivity contribution in [1.82, 2.24) is 9.88 Å². The summed E-state index contributed by atoms with van der Waals surface area (Å²) in [5, 5.41) is 3.82. The van der Waals surface area contributed by atoms with Gasteiger partial charge in [-0.1, -0.05) is 6.07 Å². The zero-order chi connectivity index (χ0) is 20.9. The molecule has 7 heteroatoms. The number of esters is 1. The number of benzene rings is 1. The van der Waals surface area contributed by atoms with Gasteiger partial charge in [-0.05, 0) is 59.7 Å². The van der Waals surface area contributed by atoms with Gasteiger partial charge in [0.2, 0.25) is 0 Å². The second kappa shape index (κ2) is 8.65. The van der Waals surface area contributed by atoms with Crippen molar-refractivity contribution in [3.05, 3.63) is 30.5 Å². The monoisotopic (exact) mass is 390 g/mol. The second-order valence-electron chi connectivity index (χ2n) is 8.47. The van der Waals surface area contributed by atoms with Gasteiger partial charge in [0, 0.05) is 18.1 Å². The highest BCUT2D eigenvalue weighted by atomic mass is 16.6. The lowest BCUT2D eigenvalue weighted by molar-refractivity contribution is -0.153. The quantitative estimate of drug-likeness (QED) is 0.598. The Labute approximate surface area is 165 Å². The summed E-state index contributed by atoms with van der Waals surface area (Å²) in [7, 11) is 0. The Hall–Kier alpha value is -2.54. The van der Waals surface area contributed by atoms with Crippen molar-refractivity contribution >= 4 is 23.0 Å². The van der Waals surface area contributed by atoms with Gasteiger partial charge in [0.1, 0.15) is 23.6 Å². The average molecular weight is 390 g/mol. The van der Waals surface area contributed by atoms with Crippen LogP contribution < -0.4 is 10.1 Å². The van der Waals surface area contributed by atoms with E-state index < -0.39 is 17.3 Å². The van der Waals surface area contributed by atoms with E-state index in [1.54, 1.807) is 6.20 Å². The minimum absolute atomic E-state index is 0.125. The lowest BCUT2D eigenvalue weighted by Crippen LogP contribution is -2.33. The van der Waals surface area contributed by atoms with Gasteiger partial charge in [-0.15, -0.1) is 0 Å². The van der Waals surface area contributed by atoms with Crippen molar-refractivity contribution in [3.63, 3.8) is 0 Å². The van der Waals surface area contributed by atoms with Crippen LogP contribution in [-0.4, -0.2) is 47.5 Å². The Morgan fingerprint density at radius 2 is 1.68 bits per heavy atom. The van der Waals surface area contributed by atoms with Crippen LogP contribution in [0.15, 0.2) is 30.5 Å². The number of hydrogen-bond acceptors (Lipinski definition) is 6. The number of fused-ring (bicyclic) bond motifs is 1. The molecule has 1 aromatic carbocycles. The molecule has 0 amide bonds. The molecule has 0 aliphatic rings. The molecule has 0 bridgehead atoms. The first kappa shape index (κ1) is 21.8. The molecule has 1 heterocycles. The molecule has 0 aliphatic carbocycles. The van der Waals surface area contributed by atoms with Gasteiger partial charge < -0.3 is 19.5 Å². The van der Waals surface area contributed by atoms with Crippen LogP contribution in [0.5, 0.6) is 5.75 Å². The van der Waals surface area contributed by atoms with Crippen LogP contribution in [0.25, 0.3) is 10.9 Å². The van der Waals surface area contributed by atoms with Crippen molar-refractivity contribution < 1.29 is 23.8 Å². The van der Waals surface area contributed by atoms with Crippen LogP contribution in [0.2, 0.25) is 0 Å². The lowest BCUT2D eigenvalue weighted by atomic mass is 10.2. The van der Waals surface area contributed by atoms with E-state index in [0.717, 1.165) is 5.39 Å². The fourth-order valence-corrected chi connectivity index (χ4v) is 2.54. The summed E-state index contributed by atoms with van der Waals surface area (Å²) in [6.07, 6.45) is 1.24. The van der Waals surface area contributed by atoms with Gasteiger partial charge in [0.25, 0.3) is 0 Å². The number of rotatable bonds is 6. The van der Waals surface area contributed by atoms with E-state index in [0.29, 0.717) is 24.4 Å². The number of hydrogen-bond donors (Lipinski definition) is 1. The SMILES string of the molecule is CC(C)(C)OC(=O)CNCCOc1cccc2c1ccn2C(=O)OC(C)(C)C. The highest BCUT2D eigenvalue weighted by Crippen LogP contribution is 2.27. The first-order valence-corrected chi connectivity index (χ1v) is 9.35. The zero-order valence-corrected chi connectivity index (χ0v) is 17.5. The Morgan fingerprint density at radius 3 is 2.32 bits per heavy atom. The Bertz CT molecular complexity index is 827. The molecule has 1 aromatic heterocycles. The van der Waals surface area contributed by atoms with Crippen LogP contribution in [-0.2, 0) is 14.3 Å². The molecule has 154 valence electrons. The summed E-state index contributed by atoms with van der Waals surface area (Å²) < 4.78 is 17.9. The maximum absolute atomic E-state index is 12.4. The molecule has 0 fully saturated rings. The smallest absolute Gasteiger partial charge is 0.418 e. The molecular formula is C21H30N2O5. The third kappa shape index (κ3) is 6.56. The third-order valence-electron chi connectivity index (χ3n) is 3.51. The number of nitrogens with one attached hydrogen (secondary N) is 1. The zero-order valence-electron chi connectivity index (χ0n) is 17.5. The summed E-state index contributed by atoms with van der Waals surface area (Å²) in [6.45, 7) is 12.0. The molecule has 0 spiro atoms. The summed E-state index contributed by atoms with van der Waals surface area (Å²) >= 11 is 0. The van der Waals surface area contributed by atoms with Crippen molar-refractivity contribution in [2.24, 2.45) is 0 Å². The summed E-state index contributed by atoms with van der Waals surface area (Å²) in [5.74, 6) is 0.364. The van der Waals surface area contributed by atoms with Crippen molar-refractivity contribution in [2.45, 2.75) is 52.7 Å². The topological polar surface area (TPSA) is 78.8 Å². The molecule has 0 atom stereocenters. The predicted octanol–water partition coefficient (Wildman–Crippen LogP) is 3.73. The van der Waals surface area contributed by atoms with Gasteiger partial charge in [-0.2, -0.15) is 0 Å². The maximum atomic E-state index is 12.4. The average Bonchev–Trinajstić information content (AvgIpc) is 2.96. The number of ether oxygens (including phenoxy) is 3. The van der Waals surface area contributed by atoms with Crippen LogP contribution in [0, 0.1) is 0 Å². The summed E-state index contributed by atoms with van der Waals surface area (Å²) in [5.41, 5.74) is -0.346. The Morgan fingerprint density at radius 1 is 1.00 bits per heavy atom. The van der Waals surface area contributed by atoms with Gasteiger partial charge in [-0.25, -0.2) is 4.79 Å². The van der Waals surface area contributed by atoms with Gasteiger partial charge in [0.05, 0.1) is 12.1 Å². The normalized spacial score (nSPS) is 12.1. The summed E-state index contributed by atoms with van der Waals surface area (Å²) in [6, 6.07) is 7.33. The molecular weight excluding hydrogens is 360 g/mol. The van der Waals surface area contributed by atoms with E-state index in [2.05, 4.69) is 5.32 Å². The number of aromatic nitrogens is 1. The molecule has 2 aromatic rings. The van der Waals surface area contributed by atoms with E-state index in [4.69, 9.17) is 14.2 Å². The molecule has 0 aliphatic heterocycles. The number of carbonyl (C=O) groups excluding carboxylic acids is 2. The largest absolute Gasteiger partial charge is 0.492 e. The molecule has 0 radical (unpaired) electrons. The minimum atomic E-state index is -0.568. The van der Waals surface area contributed by atoms with Crippen molar-refractivity contribution in [1.29, 1.82) is 0 Å². The van der Waals surface area contributed by atoms with Crippen LogP contribution in [0.1, 0.15) is 41.5 Å². The standard InChI is InChI=1S/C21H30N2O5/c1-20(2,3)27-18(24)14-22-11-13-26-17-9-7-8-16-15(17)10-12-23(16)19(25)28-21(4,5)6/h7-10,12,22H,11,13-14H2,1-6H3. The Kier molecular flexibility index (Phi) is 6.72. The third-order valence-corrected chi connectivity index (χ3v) is 3.51. The number of carbonyl (C=O) groups is 2. The van der Waals surface area contributed by atoms with Crippen LogP contribution in [0.4, 0.5) is 4.79 Å². The van der Waals surface area contributed by atoms with E-state index in [1.165, 1.54) is 4.57 Å². The van der Waals surface area contributed by atoms with Gasteiger partial charge in [0.15, 0.2) is 0 Å². The predicted molar refractivity (Wildman–Crippen MR) is 108 cm³/mol. The lowest BCUT2D eigenvalue weighted by Gasteiger charge is -2.20. The fourth-order valence-electron chi connectivity index (χ4n) is 2.54. The minimum Gasteiger partial charge on any atom is -0.492 e. The highest BCUT2D eigenvalue weighted by molar-refractivity contribution is 5.93. The van der Waals surface area contributed by atoms with Crippen molar-refractivity contribution in [2.75, 3.05) is 19.7 Å². The van der Waals surface area contributed by atoms with E-state index in [9.17, 15) is 9.59 Å². The van der Waals surface area contributed by atoms with Crippen LogP contribution in [0.3, 0.4) is 0 Å². The molecule has 0 saturated carbocycles. The number of nitrogens with zero attached hydrogens (tertiary/aromatic N) is 1. The van der Waals surface area contributed by atoms with Gasteiger partial charge in [-0.3, -0.25) is 9.36 Å². The molecule has 2 rings (SSSR count). The van der Waals surface area contributed by atoms with E-state index >= 15 is 0 Å². The Balaban J connectivity index is 1.92. The van der Waals surface area contributed by atoms with Gasteiger partial charge >= 0.3 is 12.1 Å². The first-order valence-electron chi connectivity index (χ1n) is 9.35. The first-order chi connectivity index (χ1) is 13.0. The highest BCUT2D eigenvalue weighted by Gasteiger charge is 2.20. The molecule has 0 unspecified atom stereocenters. The molecule has 0 saturated heterocycles.